The normalized spacial score (nSPS) is 20.0. The van der Waals surface area contributed by atoms with E-state index in [4.69, 9.17) is 9.57 Å². The van der Waals surface area contributed by atoms with Crippen LogP contribution in [0.5, 0.6) is 5.75 Å². The zero-order valence-corrected chi connectivity index (χ0v) is 18.1. The maximum absolute atomic E-state index is 13.0. The molecular weight excluding hydrogens is 390 g/mol. The molecule has 0 unspecified atom stereocenters. The minimum Gasteiger partial charge on any atom is -0.496 e. The molecule has 1 fully saturated rings. The number of ether oxygens (including phenoxy) is 1. The van der Waals surface area contributed by atoms with Gasteiger partial charge in [-0.15, -0.1) is 0 Å². The smallest absolute Gasteiger partial charge is 0.218 e. The van der Waals surface area contributed by atoms with Crippen molar-refractivity contribution in [2.24, 2.45) is 0 Å². The van der Waals surface area contributed by atoms with Crippen molar-refractivity contribution in [2.75, 3.05) is 46.3 Å². The van der Waals surface area contributed by atoms with Crippen LogP contribution in [0.4, 0.5) is 5.69 Å². The summed E-state index contributed by atoms with van der Waals surface area (Å²) < 4.78 is 34.1. The summed E-state index contributed by atoms with van der Waals surface area (Å²) in [6.07, 6.45) is 0.550. The Bertz CT molecular complexity index is 916. The number of benzene rings is 2. The number of nitrogens with one attached hydrogen (secondary N) is 1. The molecule has 8 heteroatoms. The zero-order chi connectivity index (χ0) is 21.0. The molecule has 1 aliphatic rings. The van der Waals surface area contributed by atoms with Crippen molar-refractivity contribution in [1.82, 2.24) is 9.79 Å². The van der Waals surface area contributed by atoms with Crippen molar-refractivity contribution in [3.63, 3.8) is 0 Å². The lowest BCUT2D eigenvalue weighted by molar-refractivity contribution is -0.110. The van der Waals surface area contributed by atoms with Crippen molar-refractivity contribution >= 4 is 15.7 Å². The van der Waals surface area contributed by atoms with E-state index >= 15 is 0 Å². The number of hydroxylamine groups is 2. The van der Waals surface area contributed by atoms with Crippen molar-refractivity contribution in [2.45, 2.75) is 17.7 Å². The van der Waals surface area contributed by atoms with E-state index in [0.717, 1.165) is 22.6 Å². The van der Waals surface area contributed by atoms with E-state index in [1.165, 1.54) is 0 Å². The second-order valence-electron chi connectivity index (χ2n) is 7.31. The molecule has 158 valence electrons. The Labute approximate surface area is 173 Å². The van der Waals surface area contributed by atoms with E-state index < -0.39 is 15.3 Å². The Kier molecular flexibility index (Phi) is 6.79. The number of sulfonamides is 1. The molecule has 1 saturated heterocycles. The van der Waals surface area contributed by atoms with Gasteiger partial charge in [-0.05, 0) is 35.7 Å². The van der Waals surface area contributed by atoms with Crippen LogP contribution in [-0.2, 0) is 21.3 Å². The van der Waals surface area contributed by atoms with E-state index in [-0.39, 0.29) is 12.6 Å². The number of para-hydroxylation sites is 1. The van der Waals surface area contributed by atoms with Gasteiger partial charge in [-0.25, -0.2) is 13.1 Å². The molecule has 7 nitrogen and oxygen atoms in total. The van der Waals surface area contributed by atoms with Crippen LogP contribution in [0.3, 0.4) is 0 Å². The maximum atomic E-state index is 13.0. The molecule has 0 saturated carbocycles. The first-order valence-corrected chi connectivity index (χ1v) is 11.1. The third kappa shape index (κ3) is 4.90. The van der Waals surface area contributed by atoms with Gasteiger partial charge in [-0.1, -0.05) is 30.3 Å². The first-order chi connectivity index (χ1) is 13.8. The zero-order valence-electron chi connectivity index (χ0n) is 17.3. The highest BCUT2D eigenvalue weighted by molar-refractivity contribution is 7.90. The lowest BCUT2D eigenvalue weighted by atomic mass is 10.0. The lowest BCUT2D eigenvalue weighted by Crippen LogP contribution is -2.40. The fourth-order valence-electron chi connectivity index (χ4n) is 3.59. The largest absolute Gasteiger partial charge is 0.496 e. The monoisotopic (exact) mass is 419 g/mol. The molecule has 0 aliphatic carbocycles. The van der Waals surface area contributed by atoms with Gasteiger partial charge >= 0.3 is 0 Å². The van der Waals surface area contributed by atoms with Gasteiger partial charge in [-0.2, -0.15) is 5.06 Å². The van der Waals surface area contributed by atoms with Crippen molar-refractivity contribution < 1.29 is 18.0 Å². The van der Waals surface area contributed by atoms with Crippen LogP contribution >= 0.6 is 0 Å². The van der Waals surface area contributed by atoms with Gasteiger partial charge in [0, 0.05) is 33.4 Å². The molecule has 0 amide bonds. The van der Waals surface area contributed by atoms with Gasteiger partial charge in [-0.3, -0.25) is 4.84 Å². The van der Waals surface area contributed by atoms with Gasteiger partial charge in [0.15, 0.2) is 0 Å². The van der Waals surface area contributed by atoms with E-state index in [1.54, 1.807) is 19.2 Å². The molecule has 1 N–H and O–H groups in total. The van der Waals surface area contributed by atoms with Gasteiger partial charge < -0.3 is 9.64 Å². The summed E-state index contributed by atoms with van der Waals surface area (Å²) in [5.41, 5.74) is 2.94. The highest BCUT2D eigenvalue weighted by Gasteiger charge is 2.43. The Morgan fingerprint density at radius 3 is 2.52 bits per heavy atom. The molecule has 1 aliphatic heterocycles. The van der Waals surface area contributed by atoms with E-state index in [1.807, 2.05) is 67.5 Å². The molecule has 2 aromatic carbocycles. The molecule has 1 heterocycles. The number of rotatable bonds is 8. The van der Waals surface area contributed by atoms with Crippen LogP contribution in [0.15, 0.2) is 48.5 Å². The second-order valence-corrected chi connectivity index (χ2v) is 9.30. The summed E-state index contributed by atoms with van der Waals surface area (Å²) >= 11 is 0. The van der Waals surface area contributed by atoms with Crippen LogP contribution in [0.25, 0.3) is 0 Å². The average molecular weight is 420 g/mol. The van der Waals surface area contributed by atoms with E-state index in [0.29, 0.717) is 13.0 Å². The molecule has 0 radical (unpaired) electrons. The fourth-order valence-corrected chi connectivity index (χ4v) is 5.10. The van der Waals surface area contributed by atoms with Crippen molar-refractivity contribution in [1.29, 1.82) is 0 Å². The van der Waals surface area contributed by atoms with Crippen molar-refractivity contribution in [3.8, 4) is 5.75 Å². The SMILES string of the molecule is COc1ccccc1CCNS(=O)(=O)[C@H]1CON(C)[C@@H]1c1ccc(N(C)C)cc1. The quantitative estimate of drug-likeness (QED) is 0.707. The molecule has 0 aromatic heterocycles. The molecule has 2 aromatic rings. The average Bonchev–Trinajstić information content (AvgIpc) is 3.10. The van der Waals surface area contributed by atoms with Crippen molar-refractivity contribution in [3.05, 3.63) is 59.7 Å². The Morgan fingerprint density at radius 2 is 1.86 bits per heavy atom. The van der Waals surface area contributed by atoms with E-state index in [2.05, 4.69) is 4.72 Å². The molecule has 0 spiro atoms. The maximum Gasteiger partial charge on any atom is 0.218 e. The first kappa shape index (κ1) is 21.6. The number of hydrogen-bond acceptors (Lipinski definition) is 6. The topological polar surface area (TPSA) is 71.1 Å². The third-order valence-corrected chi connectivity index (χ3v) is 7.02. The summed E-state index contributed by atoms with van der Waals surface area (Å²) in [6, 6.07) is 15.1. The molecule has 2 atom stereocenters. The molecule has 29 heavy (non-hydrogen) atoms. The highest BCUT2D eigenvalue weighted by Crippen LogP contribution is 2.34. The summed E-state index contributed by atoms with van der Waals surface area (Å²) in [7, 11) is 3.75. The van der Waals surface area contributed by atoms with Crippen LogP contribution in [0.1, 0.15) is 17.2 Å². The second kappa shape index (κ2) is 9.13. The molecule has 3 rings (SSSR count). The fraction of sp³-hybridized carbons (Fsp3) is 0.429. The van der Waals surface area contributed by atoms with Gasteiger partial charge in [0.25, 0.3) is 0 Å². The first-order valence-electron chi connectivity index (χ1n) is 9.57. The van der Waals surface area contributed by atoms with Gasteiger partial charge in [0.1, 0.15) is 11.0 Å². The standard InChI is InChI=1S/C21H29N3O4S/c1-23(2)18-11-9-17(10-12-18)21-20(15-28-24(21)3)29(25,26)22-14-13-16-7-5-6-8-19(16)27-4/h5-12,20-22H,13-15H2,1-4H3/t20-,21+/m0/s1. The van der Waals surface area contributed by atoms with Crippen LogP contribution < -0.4 is 14.4 Å². The third-order valence-electron chi connectivity index (χ3n) is 5.23. The number of anilines is 1. The lowest BCUT2D eigenvalue weighted by Gasteiger charge is -2.24. The molecule has 0 bridgehead atoms. The van der Waals surface area contributed by atoms with Gasteiger partial charge in [0.05, 0.1) is 19.8 Å². The predicted octanol–water partition coefficient (Wildman–Crippen LogP) is 2.21. The Balaban J connectivity index is 1.71. The van der Waals surface area contributed by atoms with E-state index in [9.17, 15) is 8.42 Å². The number of methoxy groups -OCH3 is 1. The van der Waals surface area contributed by atoms with Gasteiger partial charge in [0.2, 0.25) is 10.0 Å². The highest BCUT2D eigenvalue weighted by atomic mass is 32.2. The van der Waals surface area contributed by atoms with Crippen LogP contribution in [-0.4, -0.2) is 60.1 Å². The summed E-state index contributed by atoms with van der Waals surface area (Å²) in [5.74, 6) is 0.759. The molecular formula is C21H29N3O4S. The minimum absolute atomic E-state index is 0.126. The van der Waals surface area contributed by atoms with Crippen LogP contribution in [0, 0.1) is 0 Å². The minimum atomic E-state index is -3.57. The number of hydrogen-bond donors (Lipinski definition) is 1. The summed E-state index contributed by atoms with van der Waals surface area (Å²) in [4.78, 5) is 7.59. The summed E-state index contributed by atoms with van der Waals surface area (Å²) in [6.45, 7) is 0.426. The summed E-state index contributed by atoms with van der Waals surface area (Å²) in [5, 5.41) is 0.949. The Morgan fingerprint density at radius 1 is 1.17 bits per heavy atom. The van der Waals surface area contributed by atoms with Crippen LogP contribution in [0.2, 0.25) is 0 Å². The Hall–Kier alpha value is -2.13. The predicted molar refractivity (Wildman–Crippen MR) is 115 cm³/mol. The number of nitrogens with zero attached hydrogens (tertiary/aromatic N) is 2.